The van der Waals surface area contributed by atoms with Crippen LogP contribution in [0, 0.1) is 23.0 Å². The summed E-state index contributed by atoms with van der Waals surface area (Å²) in [5, 5.41) is 11.2. The minimum Gasteiger partial charge on any atom is -0.396 e. The molecule has 1 amide bonds. The fourth-order valence-electron chi connectivity index (χ4n) is 1.66. The molecule has 0 aliphatic rings. The van der Waals surface area contributed by atoms with Gasteiger partial charge in [0, 0.05) is 5.69 Å². The van der Waals surface area contributed by atoms with E-state index in [-0.39, 0.29) is 16.3 Å². The van der Waals surface area contributed by atoms with E-state index < -0.39 is 28.8 Å². The number of amides is 1. The van der Waals surface area contributed by atoms with E-state index >= 15 is 0 Å². The van der Waals surface area contributed by atoms with Gasteiger partial charge < -0.3 is 11.1 Å². The number of benzene rings is 2. The van der Waals surface area contributed by atoms with Gasteiger partial charge in [-0.1, -0.05) is 11.6 Å². The number of rotatable bonds is 2. The molecule has 0 aliphatic heterocycles. The van der Waals surface area contributed by atoms with Gasteiger partial charge in [-0.15, -0.1) is 0 Å². The molecule has 7 heteroatoms. The summed E-state index contributed by atoms with van der Waals surface area (Å²) in [7, 11) is 0. The summed E-state index contributed by atoms with van der Waals surface area (Å²) in [6.45, 7) is 0. The first-order valence-corrected chi connectivity index (χ1v) is 6.05. The Morgan fingerprint density at radius 3 is 2.62 bits per heavy atom. The van der Waals surface area contributed by atoms with E-state index in [1.165, 1.54) is 18.2 Å². The molecular weight excluding hydrogens is 300 g/mol. The van der Waals surface area contributed by atoms with Gasteiger partial charge in [-0.05, 0) is 30.3 Å². The first-order chi connectivity index (χ1) is 9.92. The van der Waals surface area contributed by atoms with E-state index in [2.05, 4.69) is 5.32 Å². The number of nitriles is 1. The van der Waals surface area contributed by atoms with Gasteiger partial charge in [0.25, 0.3) is 5.91 Å². The van der Waals surface area contributed by atoms with Gasteiger partial charge in [-0.3, -0.25) is 4.79 Å². The largest absolute Gasteiger partial charge is 0.396 e. The molecule has 0 atom stereocenters. The first kappa shape index (κ1) is 14.8. The molecule has 4 nitrogen and oxygen atoms in total. The van der Waals surface area contributed by atoms with E-state index in [1.54, 1.807) is 0 Å². The molecule has 0 radical (unpaired) electrons. The maximum absolute atomic E-state index is 13.7. The Labute approximate surface area is 123 Å². The zero-order valence-corrected chi connectivity index (χ0v) is 11.2. The molecule has 2 aromatic rings. The van der Waals surface area contributed by atoms with Crippen LogP contribution in [-0.2, 0) is 0 Å². The van der Waals surface area contributed by atoms with Gasteiger partial charge in [0.1, 0.15) is 11.9 Å². The number of nitrogens with two attached hydrogens (primary N) is 1. The van der Waals surface area contributed by atoms with Gasteiger partial charge >= 0.3 is 0 Å². The van der Waals surface area contributed by atoms with Crippen molar-refractivity contribution in [2.45, 2.75) is 0 Å². The second-order valence-electron chi connectivity index (χ2n) is 4.12. The molecule has 0 unspecified atom stereocenters. The molecule has 106 valence electrons. The first-order valence-electron chi connectivity index (χ1n) is 5.68. The Balaban J connectivity index is 2.31. The third-order valence-electron chi connectivity index (χ3n) is 2.66. The molecule has 0 fully saturated rings. The molecule has 3 N–H and O–H groups in total. The summed E-state index contributed by atoms with van der Waals surface area (Å²) in [5.41, 5.74) is 4.76. The van der Waals surface area contributed by atoms with E-state index in [1.807, 2.05) is 6.07 Å². The Kier molecular flexibility index (Phi) is 4.05. The average Bonchev–Trinajstić information content (AvgIpc) is 2.43. The number of carbonyl (C=O) groups is 1. The molecule has 2 aromatic carbocycles. The highest BCUT2D eigenvalue weighted by Crippen LogP contribution is 2.22. The summed E-state index contributed by atoms with van der Waals surface area (Å²) in [5.74, 6) is -2.70. The van der Waals surface area contributed by atoms with Gasteiger partial charge in [-0.2, -0.15) is 5.26 Å². The average molecular weight is 308 g/mol. The molecule has 0 aromatic heterocycles. The Morgan fingerprint density at radius 2 is 2.00 bits per heavy atom. The summed E-state index contributed by atoms with van der Waals surface area (Å²) >= 11 is 5.81. The molecule has 0 saturated heterocycles. The Hall–Kier alpha value is -2.65. The van der Waals surface area contributed by atoms with Crippen molar-refractivity contribution in [1.29, 1.82) is 5.26 Å². The van der Waals surface area contributed by atoms with Crippen molar-refractivity contribution in [3.63, 3.8) is 0 Å². The summed E-state index contributed by atoms with van der Waals surface area (Å²) in [6, 6.07) is 7.53. The van der Waals surface area contributed by atoms with E-state index in [9.17, 15) is 13.6 Å². The maximum Gasteiger partial charge on any atom is 0.258 e. The number of nitrogens with one attached hydrogen (secondary N) is 1. The zero-order valence-electron chi connectivity index (χ0n) is 10.5. The predicted octanol–water partition coefficient (Wildman–Crippen LogP) is 3.32. The highest BCUT2D eigenvalue weighted by atomic mass is 35.5. The van der Waals surface area contributed by atoms with Gasteiger partial charge in [0.05, 0.1) is 21.8 Å². The van der Waals surface area contributed by atoms with Crippen LogP contribution in [0.2, 0.25) is 5.02 Å². The normalized spacial score (nSPS) is 10.0. The van der Waals surface area contributed by atoms with Gasteiger partial charge in [0.15, 0.2) is 5.82 Å². The number of nitrogen functional groups attached to an aromatic ring is 1. The minimum absolute atomic E-state index is 0.134. The fourth-order valence-corrected chi connectivity index (χ4v) is 1.88. The maximum atomic E-state index is 13.7. The molecule has 0 aliphatic carbocycles. The van der Waals surface area contributed by atoms with Crippen molar-refractivity contribution >= 4 is 28.9 Å². The third kappa shape index (κ3) is 3.09. The number of hydrogen-bond acceptors (Lipinski definition) is 3. The van der Waals surface area contributed by atoms with Crippen LogP contribution < -0.4 is 11.1 Å². The third-order valence-corrected chi connectivity index (χ3v) is 2.97. The number of halogens is 3. The van der Waals surface area contributed by atoms with Crippen LogP contribution in [0.25, 0.3) is 0 Å². The molecule has 0 heterocycles. The lowest BCUT2D eigenvalue weighted by atomic mass is 10.1. The topological polar surface area (TPSA) is 78.9 Å². The van der Waals surface area contributed by atoms with Crippen LogP contribution in [0.4, 0.5) is 20.2 Å². The highest BCUT2D eigenvalue weighted by Gasteiger charge is 2.16. The van der Waals surface area contributed by atoms with Crippen molar-refractivity contribution in [1.82, 2.24) is 0 Å². The number of anilines is 2. The summed E-state index contributed by atoms with van der Waals surface area (Å²) in [6.07, 6.45) is 0. The van der Waals surface area contributed by atoms with Crippen LogP contribution in [0.5, 0.6) is 0 Å². The van der Waals surface area contributed by atoms with Crippen molar-refractivity contribution in [3.05, 3.63) is 58.1 Å². The van der Waals surface area contributed by atoms with Crippen LogP contribution in [-0.4, -0.2) is 5.91 Å². The van der Waals surface area contributed by atoms with E-state index in [4.69, 9.17) is 22.6 Å². The zero-order chi connectivity index (χ0) is 15.6. The second kappa shape index (κ2) is 5.77. The minimum atomic E-state index is -1.01. The standard InChI is InChI=1S/C14H8ClF2N3O/c15-11-5-9(2-1-7(11)6-18)20-14(21)10-3-8(16)4-12(19)13(10)17/h1-5H,19H2,(H,20,21). The molecule has 21 heavy (non-hydrogen) atoms. The lowest BCUT2D eigenvalue weighted by Crippen LogP contribution is -2.15. The monoisotopic (exact) mass is 307 g/mol. The quantitative estimate of drug-likeness (QED) is 0.835. The number of nitrogens with zero attached hydrogens (tertiary/aromatic N) is 1. The van der Waals surface area contributed by atoms with Gasteiger partial charge in [0.2, 0.25) is 0 Å². The Morgan fingerprint density at radius 1 is 1.29 bits per heavy atom. The SMILES string of the molecule is N#Cc1ccc(NC(=O)c2cc(F)cc(N)c2F)cc1Cl. The van der Waals surface area contributed by atoms with E-state index in [0.717, 1.165) is 12.1 Å². The lowest BCUT2D eigenvalue weighted by molar-refractivity contribution is 0.102. The van der Waals surface area contributed by atoms with Crippen molar-refractivity contribution < 1.29 is 13.6 Å². The number of carbonyl (C=O) groups excluding carboxylic acids is 1. The van der Waals surface area contributed by atoms with Crippen LogP contribution in [0.3, 0.4) is 0 Å². The Bertz CT molecular complexity index is 772. The van der Waals surface area contributed by atoms with Crippen LogP contribution in [0.1, 0.15) is 15.9 Å². The van der Waals surface area contributed by atoms with Gasteiger partial charge in [-0.25, -0.2) is 8.78 Å². The fraction of sp³-hybridized carbons (Fsp3) is 0. The van der Waals surface area contributed by atoms with E-state index in [0.29, 0.717) is 0 Å². The molecule has 0 spiro atoms. The predicted molar refractivity (Wildman–Crippen MR) is 74.9 cm³/mol. The summed E-state index contributed by atoms with van der Waals surface area (Å²) < 4.78 is 26.9. The summed E-state index contributed by atoms with van der Waals surface area (Å²) in [4.78, 5) is 11.9. The van der Waals surface area contributed by atoms with Crippen molar-refractivity contribution in [3.8, 4) is 6.07 Å². The molecule has 0 saturated carbocycles. The lowest BCUT2D eigenvalue weighted by Gasteiger charge is -2.08. The highest BCUT2D eigenvalue weighted by molar-refractivity contribution is 6.32. The number of hydrogen-bond donors (Lipinski definition) is 2. The van der Waals surface area contributed by atoms with Crippen LogP contribution >= 0.6 is 11.6 Å². The molecule has 0 bridgehead atoms. The molecule has 2 rings (SSSR count). The van der Waals surface area contributed by atoms with Crippen molar-refractivity contribution in [2.75, 3.05) is 11.1 Å². The van der Waals surface area contributed by atoms with Crippen molar-refractivity contribution in [2.24, 2.45) is 0 Å². The molecular formula is C14H8ClF2N3O. The van der Waals surface area contributed by atoms with Crippen LogP contribution in [0.15, 0.2) is 30.3 Å². The second-order valence-corrected chi connectivity index (χ2v) is 4.52. The smallest absolute Gasteiger partial charge is 0.258 e.